The third-order valence-corrected chi connectivity index (χ3v) is 10.1. The summed E-state index contributed by atoms with van der Waals surface area (Å²) < 4.78 is 7.78. The predicted molar refractivity (Wildman–Crippen MR) is 126 cm³/mol. The molecule has 2 spiro atoms. The molecule has 0 radical (unpaired) electrons. The van der Waals surface area contributed by atoms with Crippen LogP contribution >= 0.6 is 0 Å². The van der Waals surface area contributed by atoms with E-state index in [-0.39, 0.29) is 11.2 Å². The number of allylic oxidation sites excluding steroid dienone is 1. The van der Waals surface area contributed by atoms with Crippen LogP contribution < -0.4 is 0 Å². The molecule has 0 aromatic heterocycles. The fourth-order valence-corrected chi connectivity index (χ4v) is 9.54. The maximum Gasteiger partial charge on any atom is 0.100 e. The molecule has 166 valence electrons. The first-order valence-corrected chi connectivity index (χ1v) is 13.1. The van der Waals surface area contributed by atoms with Gasteiger partial charge >= 0.3 is 0 Å². The van der Waals surface area contributed by atoms with Crippen LogP contribution in [0.25, 0.3) is 0 Å². The molecular weight excluding hydrogens is 364 g/mol. The minimum atomic E-state index is -0.108. The smallest absolute Gasteiger partial charge is 0.100 e. The van der Waals surface area contributed by atoms with Gasteiger partial charge in [-0.3, -0.25) is 0 Å². The summed E-state index contributed by atoms with van der Waals surface area (Å²) in [6.45, 7) is 16.6. The van der Waals surface area contributed by atoms with Gasteiger partial charge in [0, 0.05) is 0 Å². The highest BCUT2D eigenvalue weighted by atomic mass is 16.5. The Kier molecular flexibility index (Phi) is 5.16. The summed E-state index contributed by atoms with van der Waals surface area (Å²) in [6.07, 6.45) is 17.8. The molecule has 5 aliphatic rings. The molecule has 5 rings (SSSR count). The second-order valence-corrected chi connectivity index (χ2v) is 12.2. The van der Waals surface area contributed by atoms with E-state index in [4.69, 9.17) is 4.74 Å². The average Bonchev–Trinajstić information content (AvgIpc) is 2.97. The first kappa shape index (κ1) is 21.0. The molecule has 1 aliphatic heterocycles. The van der Waals surface area contributed by atoms with Gasteiger partial charge < -0.3 is 4.74 Å². The maximum absolute atomic E-state index is 7.78. The molecule has 4 fully saturated rings. The minimum Gasteiger partial charge on any atom is -0.358 e. The van der Waals surface area contributed by atoms with Gasteiger partial charge in [-0.1, -0.05) is 52.5 Å². The first-order valence-electron chi connectivity index (χ1n) is 13.1. The quantitative estimate of drug-likeness (QED) is 0.454. The number of fused-ring (bicyclic) bond motifs is 6. The molecule has 1 heterocycles. The molecule has 30 heavy (non-hydrogen) atoms. The van der Waals surface area contributed by atoms with Gasteiger partial charge in [-0.2, -0.15) is 0 Å². The Labute approximate surface area is 185 Å². The highest BCUT2D eigenvalue weighted by molar-refractivity contribution is 5.52. The lowest BCUT2D eigenvalue weighted by atomic mass is 9.55. The van der Waals surface area contributed by atoms with Crippen molar-refractivity contribution < 1.29 is 4.74 Å². The van der Waals surface area contributed by atoms with E-state index in [1.54, 1.807) is 0 Å². The zero-order chi connectivity index (χ0) is 21.3. The zero-order valence-corrected chi connectivity index (χ0v) is 20.1. The molecule has 10 unspecified atom stereocenters. The standard InChI is InChI=1S/C29H44O/c1-7-9-27-26(8-2)28(20(5)14-22-10-18(3)12-24(28)16-22)30-29(27)21(6)15-23-11-19(4)13-25(29)17-23/h7-9,18-25H,2,10-17H2,1,3-6H3/b9-7-. The Hall–Kier alpha value is -0.820. The van der Waals surface area contributed by atoms with E-state index in [0.717, 1.165) is 23.7 Å². The molecular formula is C29H44O. The van der Waals surface area contributed by atoms with Crippen LogP contribution in [0.3, 0.4) is 0 Å². The van der Waals surface area contributed by atoms with Crippen LogP contribution in [0.15, 0.2) is 36.0 Å². The number of ether oxygens (including phenoxy) is 1. The number of hydrogen-bond donors (Lipinski definition) is 0. The summed E-state index contributed by atoms with van der Waals surface area (Å²) >= 11 is 0. The van der Waals surface area contributed by atoms with Crippen molar-refractivity contribution in [1.82, 2.24) is 0 Å². The monoisotopic (exact) mass is 408 g/mol. The van der Waals surface area contributed by atoms with Gasteiger partial charge in [0.05, 0.1) is 0 Å². The fraction of sp³-hybridized carbons (Fsp3) is 0.793. The minimum absolute atomic E-state index is 0.0943. The lowest BCUT2D eigenvalue weighted by Crippen LogP contribution is -2.59. The topological polar surface area (TPSA) is 9.23 Å². The Bertz CT molecular complexity index is 752. The van der Waals surface area contributed by atoms with Gasteiger partial charge in [0.25, 0.3) is 0 Å². The second kappa shape index (κ2) is 7.36. The van der Waals surface area contributed by atoms with E-state index >= 15 is 0 Å². The van der Waals surface area contributed by atoms with Crippen LogP contribution in [-0.4, -0.2) is 11.2 Å². The predicted octanol–water partition coefficient (Wildman–Crippen LogP) is 7.74. The average molecular weight is 409 g/mol. The van der Waals surface area contributed by atoms with E-state index in [1.807, 2.05) is 0 Å². The molecule has 10 atom stereocenters. The van der Waals surface area contributed by atoms with E-state index in [1.165, 1.54) is 62.5 Å². The summed E-state index contributed by atoms with van der Waals surface area (Å²) in [5.41, 5.74) is 2.80. The van der Waals surface area contributed by atoms with Crippen molar-refractivity contribution in [2.75, 3.05) is 0 Å². The van der Waals surface area contributed by atoms with Crippen LogP contribution in [0.5, 0.6) is 0 Å². The molecule has 0 aromatic rings. The SMILES string of the molecule is C=CC1=C(/C=C\C)C2(OC13C(C)CC1CC(C)CC3C1)C(C)CC1CC(C)CC2C1. The van der Waals surface area contributed by atoms with Gasteiger partial charge in [-0.15, -0.1) is 0 Å². The molecule has 4 bridgehead atoms. The summed E-state index contributed by atoms with van der Waals surface area (Å²) in [6, 6.07) is 0. The maximum atomic E-state index is 7.78. The lowest BCUT2D eigenvalue weighted by molar-refractivity contribution is -0.230. The number of rotatable bonds is 2. The van der Waals surface area contributed by atoms with Gasteiger partial charge in [0.2, 0.25) is 0 Å². The van der Waals surface area contributed by atoms with Crippen molar-refractivity contribution in [1.29, 1.82) is 0 Å². The zero-order valence-electron chi connectivity index (χ0n) is 20.1. The highest BCUT2D eigenvalue weighted by Gasteiger charge is 2.66. The second-order valence-electron chi connectivity index (χ2n) is 12.2. The molecule has 0 aromatic carbocycles. The van der Waals surface area contributed by atoms with Crippen molar-refractivity contribution in [2.45, 2.75) is 97.2 Å². The Balaban J connectivity index is 1.68. The summed E-state index contributed by atoms with van der Waals surface area (Å²) in [7, 11) is 0. The fourth-order valence-electron chi connectivity index (χ4n) is 9.54. The van der Waals surface area contributed by atoms with Crippen LogP contribution in [0, 0.1) is 47.3 Å². The Morgan fingerprint density at radius 3 is 1.70 bits per heavy atom. The van der Waals surface area contributed by atoms with Gasteiger partial charge in [0.15, 0.2) is 0 Å². The van der Waals surface area contributed by atoms with Crippen molar-refractivity contribution in [3.8, 4) is 0 Å². The van der Waals surface area contributed by atoms with E-state index < -0.39 is 0 Å². The largest absolute Gasteiger partial charge is 0.358 e. The van der Waals surface area contributed by atoms with Crippen LogP contribution in [0.2, 0.25) is 0 Å². The van der Waals surface area contributed by atoms with Gasteiger partial charge in [-0.05, 0) is 117 Å². The molecule has 0 saturated heterocycles. The Morgan fingerprint density at radius 2 is 1.23 bits per heavy atom. The van der Waals surface area contributed by atoms with Gasteiger partial charge in [-0.25, -0.2) is 0 Å². The molecule has 4 aliphatic carbocycles. The van der Waals surface area contributed by atoms with E-state index in [0.29, 0.717) is 23.7 Å². The highest BCUT2D eigenvalue weighted by Crippen LogP contribution is 2.66. The van der Waals surface area contributed by atoms with Gasteiger partial charge in [0.1, 0.15) is 11.2 Å². The lowest BCUT2D eigenvalue weighted by Gasteiger charge is -2.58. The molecule has 0 amide bonds. The summed E-state index contributed by atoms with van der Waals surface area (Å²) in [5, 5.41) is 0. The summed E-state index contributed by atoms with van der Waals surface area (Å²) in [4.78, 5) is 0. The molecule has 4 saturated carbocycles. The molecule has 1 nitrogen and oxygen atoms in total. The van der Waals surface area contributed by atoms with Crippen LogP contribution in [-0.2, 0) is 4.74 Å². The normalized spacial score (nSPS) is 53.1. The van der Waals surface area contributed by atoms with Crippen molar-refractivity contribution in [2.24, 2.45) is 47.3 Å². The van der Waals surface area contributed by atoms with Crippen molar-refractivity contribution in [3.05, 3.63) is 36.0 Å². The molecule has 1 heteroatoms. The molecule has 0 N–H and O–H groups in total. The van der Waals surface area contributed by atoms with Crippen LogP contribution in [0.4, 0.5) is 0 Å². The first-order chi connectivity index (χ1) is 14.3. The third kappa shape index (κ3) is 2.76. The third-order valence-electron chi connectivity index (χ3n) is 10.1. The Morgan fingerprint density at radius 1 is 0.733 bits per heavy atom. The summed E-state index contributed by atoms with van der Waals surface area (Å²) in [5.74, 6) is 5.99. The van der Waals surface area contributed by atoms with E-state index in [9.17, 15) is 0 Å². The van der Waals surface area contributed by atoms with Crippen molar-refractivity contribution >= 4 is 0 Å². The van der Waals surface area contributed by atoms with Crippen LogP contribution in [0.1, 0.15) is 86.0 Å². The van der Waals surface area contributed by atoms with E-state index in [2.05, 4.69) is 59.4 Å². The number of hydrogen-bond acceptors (Lipinski definition) is 1. The van der Waals surface area contributed by atoms with Crippen molar-refractivity contribution in [3.63, 3.8) is 0 Å².